The zero-order valence-corrected chi connectivity index (χ0v) is 23.3. The number of carbonyl (C=O) groups is 1. The molecule has 10 nitrogen and oxygen atoms in total. The first-order valence-electron chi connectivity index (χ1n) is 13.7. The fraction of sp³-hybridized carbons (Fsp3) is 0.464. The van der Waals surface area contributed by atoms with E-state index in [1.165, 1.54) is 26.1 Å². The third kappa shape index (κ3) is 6.44. The molecule has 0 unspecified atom stereocenters. The van der Waals surface area contributed by atoms with Crippen LogP contribution in [0.1, 0.15) is 64.0 Å². The molecule has 3 aromatic heterocycles. The van der Waals surface area contributed by atoms with Crippen molar-refractivity contribution in [2.45, 2.75) is 85.4 Å². The first-order valence-corrected chi connectivity index (χ1v) is 13.7. The van der Waals surface area contributed by atoms with Crippen LogP contribution in [0.5, 0.6) is 0 Å². The second-order valence-corrected chi connectivity index (χ2v) is 9.75. The Bertz CT molecular complexity index is 1650. The summed E-state index contributed by atoms with van der Waals surface area (Å²) in [4.78, 5) is 43.7. The maximum absolute atomic E-state index is 13.5. The third-order valence-electron chi connectivity index (χ3n) is 6.71. The average Bonchev–Trinajstić information content (AvgIpc) is 3.55. The summed E-state index contributed by atoms with van der Waals surface area (Å²) in [6, 6.07) is 4.97. The van der Waals surface area contributed by atoms with Gasteiger partial charge in [-0.3, -0.25) is 28.0 Å². The molecule has 0 aliphatic rings. The summed E-state index contributed by atoms with van der Waals surface area (Å²) >= 11 is 0. The van der Waals surface area contributed by atoms with Gasteiger partial charge in [-0.15, -0.1) is 0 Å². The number of hydrogen-bond donors (Lipinski definition) is 0. The van der Waals surface area contributed by atoms with Gasteiger partial charge in [0.1, 0.15) is 5.82 Å². The highest BCUT2D eigenvalue weighted by atomic mass is 19.4. The van der Waals surface area contributed by atoms with E-state index in [0.29, 0.717) is 24.0 Å². The second-order valence-electron chi connectivity index (χ2n) is 9.75. The Morgan fingerprint density at radius 1 is 1.02 bits per heavy atom. The highest BCUT2D eigenvalue weighted by Crippen LogP contribution is 2.30. The van der Waals surface area contributed by atoms with Gasteiger partial charge in [-0.2, -0.15) is 18.3 Å². The summed E-state index contributed by atoms with van der Waals surface area (Å²) in [6.45, 7) is 5.85. The van der Waals surface area contributed by atoms with E-state index in [1.807, 2.05) is 13.8 Å². The monoisotopic (exact) mass is 574 g/mol. The Morgan fingerprint density at radius 2 is 1.80 bits per heavy atom. The second kappa shape index (κ2) is 12.6. The van der Waals surface area contributed by atoms with Crippen LogP contribution >= 0.6 is 0 Å². The third-order valence-corrected chi connectivity index (χ3v) is 6.71. The lowest BCUT2D eigenvalue weighted by atomic mass is 10.1. The van der Waals surface area contributed by atoms with Gasteiger partial charge in [0, 0.05) is 25.7 Å². The van der Waals surface area contributed by atoms with E-state index >= 15 is 0 Å². The van der Waals surface area contributed by atoms with Crippen LogP contribution < -0.4 is 11.2 Å². The van der Waals surface area contributed by atoms with Crippen molar-refractivity contribution in [2.75, 3.05) is 0 Å². The molecule has 0 saturated carbocycles. The maximum atomic E-state index is 13.5. The van der Waals surface area contributed by atoms with E-state index in [2.05, 4.69) is 10.1 Å². The summed E-state index contributed by atoms with van der Waals surface area (Å²) in [7, 11) is 0. The number of aromatic nitrogens is 6. The number of imidazole rings is 1. The fourth-order valence-corrected chi connectivity index (χ4v) is 4.67. The van der Waals surface area contributed by atoms with Crippen LogP contribution in [0.3, 0.4) is 0 Å². The van der Waals surface area contributed by atoms with E-state index < -0.39 is 29.0 Å². The van der Waals surface area contributed by atoms with Gasteiger partial charge in [-0.05, 0) is 37.5 Å². The zero-order chi connectivity index (χ0) is 29.7. The quantitative estimate of drug-likeness (QED) is 0.178. The zero-order valence-electron chi connectivity index (χ0n) is 23.3. The molecule has 0 aliphatic heterocycles. The van der Waals surface area contributed by atoms with Crippen LogP contribution in [-0.4, -0.2) is 34.4 Å². The number of alkyl halides is 3. The normalized spacial score (nSPS) is 11.9. The van der Waals surface area contributed by atoms with Gasteiger partial charge >= 0.3 is 17.8 Å². The van der Waals surface area contributed by atoms with Crippen LogP contribution in [0.15, 0.2) is 46.2 Å². The Hall–Kier alpha value is -4.16. The molecule has 0 aliphatic carbocycles. The van der Waals surface area contributed by atoms with Gasteiger partial charge in [0.05, 0.1) is 23.9 Å². The lowest BCUT2D eigenvalue weighted by Gasteiger charge is -2.12. The lowest BCUT2D eigenvalue weighted by molar-refractivity contribution is -0.147. The van der Waals surface area contributed by atoms with Crippen molar-refractivity contribution in [2.24, 2.45) is 0 Å². The van der Waals surface area contributed by atoms with E-state index in [4.69, 9.17) is 4.74 Å². The van der Waals surface area contributed by atoms with Gasteiger partial charge < -0.3 is 4.74 Å². The topological polar surface area (TPSA) is 106 Å². The SMILES string of the molecule is CCCCCC(=O)OCn1c(-c2cnn(Cc3cccc(C(F)(F)F)c3)c2)nc2c1c(=O)n(CCC)c(=O)n2CC. The minimum absolute atomic E-state index is 0.0551. The molecule has 0 atom stereocenters. The van der Waals surface area contributed by atoms with Crippen molar-refractivity contribution in [3.63, 3.8) is 0 Å². The smallest absolute Gasteiger partial charge is 0.416 e. The Kier molecular flexibility index (Phi) is 9.14. The van der Waals surface area contributed by atoms with Crippen molar-refractivity contribution in [3.05, 3.63) is 68.6 Å². The molecule has 0 N–H and O–H groups in total. The van der Waals surface area contributed by atoms with Crippen LogP contribution in [0, 0.1) is 0 Å². The molecule has 220 valence electrons. The van der Waals surface area contributed by atoms with Crippen molar-refractivity contribution in [3.8, 4) is 11.4 Å². The van der Waals surface area contributed by atoms with Gasteiger partial charge in [-0.1, -0.05) is 38.8 Å². The molecule has 1 aromatic carbocycles. The highest BCUT2D eigenvalue weighted by molar-refractivity contribution is 5.77. The van der Waals surface area contributed by atoms with Gasteiger partial charge in [0.15, 0.2) is 17.9 Å². The van der Waals surface area contributed by atoms with E-state index in [1.54, 1.807) is 19.2 Å². The number of nitrogens with zero attached hydrogens (tertiary/aromatic N) is 6. The number of halogens is 3. The van der Waals surface area contributed by atoms with Crippen molar-refractivity contribution < 1.29 is 22.7 Å². The molecular formula is C28H33F3N6O4. The predicted molar refractivity (Wildman–Crippen MR) is 146 cm³/mol. The molecule has 0 bridgehead atoms. The largest absolute Gasteiger partial charge is 0.444 e. The Morgan fingerprint density at radius 3 is 2.49 bits per heavy atom. The molecule has 4 aromatic rings. The van der Waals surface area contributed by atoms with E-state index in [-0.39, 0.29) is 49.8 Å². The summed E-state index contributed by atoms with van der Waals surface area (Å²) in [6.07, 6.45) is 1.86. The number of rotatable bonds is 12. The van der Waals surface area contributed by atoms with E-state index in [9.17, 15) is 27.6 Å². The van der Waals surface area contributed by atoms with Crippen LogP contribution in [0.4, 0.5) is 13.2 Å². The van der Waals surface area contributed by atoms with Gasteiger partial charge in [0.2, 0.25) is 0 Å². The van der Waals surface area contributed by atoms with Crippen LogP contribution in [0.2, 0.25) is 0 Å². The van der Waals surface area contributed by atoms with Gasteiger partial charge in [-0.25, -0.2) is 9.78 Å². The molecule has 0 radical (unpaired) electrons. The van der Waals surface area contributed by atoms with Crippen molar-refractivity contribution in [1.29, 1.82) is 0 Å². The molecule has 0 fully saturated rings. The number of ether oxygens (including phenoxy) is 1. The average molecular weight is 575 g/mol. The van der Waals surface area contributed by atoms with Crippen molar-refractivity contribution in [1.82, 2.24) is 28.5 Å². The molecule has 4 rings (SSSR count). The first kappa shape index (κ1) is 29.8. The summed E-state index contributed by atoms with van der Waals surface area (Å²) in [5.41, 5.74) is -0.697. The van der Waals surface area contributed by atoms with Gasteiger partial charge in [0.25, 0.3) is 5.56 Å². The molecule has 13 heteroatoms. The number of carbonyl (C=O) groups excluding carboxylic acids is 1. The number of benzene rings is 1. The number of fused-ring (bicyclic) bond motifs is 1. The molecule has 3 heterocycles. The minimum Gasteiger partial charge on any atom is -0.444 e. The molecule has 0 saturated heterocycles. The number of esters is 1. The molecule has 0 amide bonds. The maximum Gasteiger partial charge on any atom is 0.416 e. The van der Waals surface area contributed by atoms with Crippen molar-refractivity contribution >= 4 is 17.1 Å². The number of aryl methyl sites for hydroxylation is 1. The van der Waals surface area contributed by atoms with E-state index in [0.717, 1.165) is 29.5 Å². The molecule has 41 heavy (non-hydrogen) atoms. The fourth-order valence-electron chi connectivity index (χ4n) is 4.67. The number of hydrogen-bond acceptors (Lipinski definition) is 6. The lowest BCUT2D eigenvalue weighted by Crippen LogP contribution is -2.40. The standard InChI is InChI=1S/C28H33F3N6O4/c1-4-7-8-12-22(38)41-18-37-23-25(35(6-3)27(40)36(13-5-2)26(23)39)33-24(37)20-15-32-34(17-20)16-19-10-9-11-21(14-19)28(29,30)31/h9-11,14-15,17H,4-8,12-13,16,18H2,1-3H3. The minimum atomic E-state index is -4.47. The summed E-state index contributed by atoms with van der Waals surface area (Å²) in [5.74, 6) is -0.186. The molecular weight excluding hydrogens is 541 g/mol. The summed E-state index contributed by atoms with van der Waals surface area (Å²) in [5, 5.41) is 4.29. The number of unbranched alkanes of at least 4 members (excludes halogenated alkanes) is 2. The Labute approximate surface area is 234 Å². The predicted octanol–water partition coefficient (Wildman–Crippen LogP) is 4.80. The van der Waals surface area contributed by atoms with Crippen LogP contribution in [-0.2, 0) is 42.1 Å². The first-order chi connectivity index (χ1) is 19.6. The molecule has 0 spiro atoms. The summed E-state index contributed by atoms with van der Waals surface area (Å²) < 4.78 is 50.5. The highest BCUT2D eigenvalue weighted by Gasteiger charge is 2.30. The Balaban J connectivity index is 1.78. The van der Waals surface area contributed by atoms with Crippen LogP contribution in [0.25, 0.3) is 22.6 Å².